The molecule has 3 aromatic rings. The Balaban J connectivity index is 1.38. The van der Waals surface area contributed by atoms with E-state index in [1.54, 1.807) is 18.7 Å². The number of methoxy groups -OCH3 is 1. The molecule has 1 aromatic heterocycles. The zero-order valence-corrected chi connectivity index (χ0v) is 30.6. The Kier molecular flexibility index (Phi) is 11.7. The average molecular weight is 725 g/mol. The van der Waals surface area contributed by atoms with E-state index in [9.17, 15) is 13.8 Å². The Morgan fingerprint density at radius 2 is 2.04 bits per heavy atom. The molecule has 49 heavy (non-hydrogen) atoms. The van der Waals surface area contributed by atoms with Crippen LogP contribution in [-0.2, 0) is 38.8 Å². The lowest BCUT2D eigenvalue weighted by molar-refractivity contribution is -0.119. The second-order valence-electron chi connectivity index (χ2n) is 13.2. The third-order valence-corrected chi connectivity index (χ3v) is 12.9. The zero-order chi connectivity index (χ0) is 34.4. The molecule has 262 valence electrons. The van der Waals surface area contributed by atoms with Crippen molar-refractivity contribution in [1.29, 1.82) is 0 Å². The van der Waals surface area contributed by atoms with Crippen LogP contribution < -0.4 is 14.4 Å². The summed E-state index contributed by atoms with van der Waals surface area (Å²) in [6, 6.07) is 11.4. The number of anilines is 1. The first-order valence-corrected chi connectivity index (χ1v) is 20.1. The standard InChI is InChI=1S/C37H45ClN4O5S2/c1-25-35(48-24-39-25)16-17-36(43)40-49(45)19-7-3-4-9-33(46-2)31-14-11-29(31)23-42-22-28-10-13-30(38)20-26(28)8-5-6-18-47-34-15-12-27(21-32(34)42)37(44)41-49/h4,9-10,12-13,15,20-21,24,29,31,33H,3,5-8,11,14,16-19,22-23H2,1-2H3,(H,40,41,43,44,45)/b9-4+/t29-,31+,33-,49?/m0/s1. The van der Waals surface area contributed by atoms with Crippen LogP contribution in [0.1, 0.15) is 77.0 Å². The molecule has 2 amide bonds. The number of hydrogen-bond donors (Lipinski definition) is 1. The normalized spacial score (nSPS) is 25.3. The Morgan fingerprint density at radius 3 is 2.82 bits per heavy atom. The van der Waals surface area contributed by atoms with Gasteiger partial charge >= 0.3 is 0 Å². The number of carbonyl (C=O) groups excluding carboxylic acids is 2. The summed E-state index contributed by atoms with van der Waals surface area (Å²) < 4.78 is 33.5. The molecule has 3 heterocycles. The fourth-order valence-electron chi connectivity index (χ4n) is 6.94. The Morgan fingerprint density at radius 1 is 1.16 bits per heavy atom. The van der Waals surface area contributed by atoms with Crippen molar-refractivity contribution in [3.05, 3.63) is 86.3 Å². The van der Waals surface area contributed by atoms with Gasteiger partial charge in [0.1, 0.15) is 15.7 Å². The SMILES string of the molecule is CO[C@H]1/C=C/CCCS(=O)(NC(=O)CCc2scnc2C)=NC(=O)c2ccc3c(c2)N(Cc2ccc(Cl)cc2CCCCO3)C[C@@H]2CC[C@H]21. The van der Waals surface area contributed by atoms with Crippen LogP contribution in [0, 0.1) is 18.8 Å². The molecule has 1 N–H and O–H groups in total. The van der Waals surface area contributed by atoms with Crippen LogP contribution in [0.15, 0.2) is 58.4 Å². The molecule has 1 aliphatic carbocycles. The van der Waals surface area contributed by atoms with Gasteiger partial charge in [-0.1, -0.05) is 29.8 Å². The molecule has 0 saturated heterocycles. The molecule has 1 unspecified atom stereocenters. The minimum Gasteiger partial charge on any atom is -0.491 e. The minimum atomic E-state index is -3.41. The van der Waals surface area contributed by atoms with Crippen molar-refractivity contribution in [3.63, 3.8) is 0 Å². The second kappa shape index (κ2) is 16.2. The van der Waals surface area contributed by atoms with Crippen LogP contribution in [0.25, 0.3) is 0 Å². The van der Waals surface area contributed by atoms with E-state index in [2.05, 4.69) is 43.3 Å². The van der Waals surface area contributed by atoms with E-state index in [0.29, 0.717) is 55.6 Å². The highest BCUT2D eigenvalue weighted by atomic mass is 35.5. The summed E-state index contributed by atoms with van der Waals surface area (Å²) in [5, 5.41) is 0.718. The summed E-state index contributed by atoms with van der Waals surface area (Å²) in [6.07, 6.45) is 10.7. The molecule has 6 rings (SSSR count). The van der Waals surface area contributed by atoms with Gasteiger partial charge in [0.25, 0.3) is 5.91 Å². The second-order valence-corrected chi connectivity index (χ2v) is 16.6. The van der Waals surface area contributed by atoms with Crippen molar-refractivity contribution < 1.29 is 23.3 Å². The van der Waals surface area contributed by atoms with Gasteiger partial charge in [-0.3, -0.25) is 14.3 Å². The van der Waals surface area contributed by atoms with Gasteiger partial charge in [-0.25, -0.2) is 9.19 Å². The highest BCUT2D eigenvalue weighted by molar-refractivity contribution is 7.92. The number of fused-ring (bicyclic) bond motifs is 3. The molecular weight excluding hydrogens is 680 g/mol. The lowest BCUT2D eigenvalue weighted by atomic mass is 9.70. The van der Waals surface area contributed by atoms with Gasteiger partial charge in [0, 0.05) is 42.1 Å². The maximum absolute atomic E-state index is 14.2. The average Bonchev–Trinajstić information content (AvgIpc) is 3.47. The van der Waals surface area contributed by atoms with Crippen LogP contribution in [0.5, 0.6) is 5.75 Å². The summed E-state index contributed by atoms with van der Waals surface area (Å²) in [6.45, 7) is 3.80. The maximum Gasteiger partial charge on any atom is 0.286 e. The van der Waals surface area contributed by atoms with Gasteiger partial charge in [-0.15, -0.1) is 15.7 Å². The number of nitrogens with zero attached hydrogens (tertiary/aromatic N) is 3. The highest BCUT2D eigenvalue weighted by Gasteiger charge is 2.38. The topological polar surface area (TPSA) is 110 Å². The molecule has 0 spiro atoms. The fourth-order valence-corrected chi connectivity index (χ4v) is 9.55. The first-order valence-electron chi connectivity index (χ1n) is 17.2. The molecule has 2 bridgehead atoms. The minimum absolute atomic E-state index is 0.0470. The number of thiazole rings is 1. The van der Waals surface area contributed by atoms with E-state index in [-0.39, 0.29) is 18.3 Å². The van der Waals surface area contributed by atoms with E-state index in [0.717, 1.165) is 59.9 Å². The van der Waals surface area contributed by atoms with Gasteiger partial charge < -0.3 is 14.4 Å². The lowest BCUT2D eigenvalue weighted by Gasteiger charge is -2.43. The predicted molar refractivity (Wildman–Crippen MR) is 196 cm³/mol. The number of rotatable bonds is 5. The molecule has 4 atom stereocenters. The van der Waals surface area contributed by atoms with E-state index in [1.807, 2.05) is 25.1 Å². The smallest absolute Gasteiger partial charge is 0.286 e. The zero-order valence-electron chi connectivity index (χ0n) is 28.2. The third-order valence-electron chi connectivity index (χ3n) is 9.84. The van der Waals surface area contributed by atoms with Crippen LogP contribution >= 0.6 is 22.9 Å². The number of aryl methyl sites for hydroxylation is 3. The summed E-state index contributed by atoms with van der Waals surface area (Å²) in [5.41, 5.74) is 6.13. The predicted octanol–water partition coefficient (Wildman–Crippen LogP) is 7.49. The van der Waals surface area contributed by atoms with E-state index < -0.39 is 21.7 Å². The Labute approximate surface area is 298 Å². The van der Waals surface area contributed by atoms with E-state index in [1.165, 1.54) is 22.5 Å². The van der Waals surface area contributed by atoms with Crippen LogP contribution in [0.4, 0.5) is 5.69 Å². The number of benzene rings is 2. The van der Waals surface area contributed by atoms with E-state index >= 15 is 0 Å². The van der Waals surface area contributed by atoms with Crippen molar-refractivity contribution in [3.8, 4) is 5.75 Å². The molecule has 2 aliphatic heterocycles. The molecule has 9 nitrogen and oxygen atoms in total. The maximum atomic E-state index is 14.2. The number of nitrogens with one attached hydrogen (secondary N) is 1. The van der Waals surface area contributed by atoms with Gasteiger partial charge in [0.15, 0.2) is 0 Å². The summed E-state index contributed by atoms with van der Waals surface area (Å²) in [5.74, 6) is 0.431. The fraction of sp³-hybridized carbons (Fsp3) is 0.486. The molecular formula is C37H45ClN4O5S2. The van der Waals surface area contributed by atoms with Crippen molar-refractivity contribution in [2.75, 3.05) is 30.9 Å². The molecule has 2 aromatic carbocycles. The van der Waals surface area contributed by atoms with E-state index in [4.69, 9.17) is 21.1 Å². The number of ether oxygens (including phenoxy) is 2. The molecule has 3 aliphatic rings. The van der Waals surface area contributed by atoms with Crippen LogP contribution in [-0.4, -0.2) is 53.1 Å². The number of halogens is 1. The monoisotopic (exact) mass is 724 g/mol. The van der Waals surface area contributed by atoms with Gasteiger partial charge in [-0.2, -0.15) is 0 Å². The highest BCUT2D eigenvalue weighted by Crippen LogP contribution is 2.42. The molecule has 12 heteroatoms. The largest absolute Gasteiger partial charge is 0.491 e. The summed E-state index contributed by atoms with van der Waals surface area (Å²) in [7, 11) is -1.65. The number of allylic oxidation sites excluding steroid dienone is 1. The molecule has 1 saturated carbocycles. The summed E-state index contributed by atoms with van der Waals surface area (Å²) in [4.78, 5) is 34.5. The first kappa shape index (κ1) is 35.6. The van der Waals surface area contributed by atoms with Crippen LogP contribution in [0.3, 0.4) is 0 Å². The van der Waals surface area contributed by atoms with Crippen molar-refractivity contribution >= 4 is 50.4 Å². The van der Waals surface area contributed by atoms with Gasteiger partial charge in [0.2, 0.25) is 5.91 Å². The molecule has 0 radical (unpaired) electrons. The lowest BCUT2D eigenvalue weighted by Crippen LogP contribution is -2.43. The Bertz CT molecular complexity index is 1820. The number of carbonyl (C=O) groups is 2. The Hall–Kier alpha value is -3.25. The quantitative estimate of drug-likeness (QED) is 0.272. The summed E-state index contributed by atoms with van der Waals surface area (Å²) >= 11 is 7.94. The third kappa shape index (κ3) is 8.92. The molecule has 1 fully saturated rings. The van der Waals surface area contributed by atoms with Crippen molar-refractivity contribution in [1.82, 2.24) is 9.71 Å². The number of aromatic nitrogens is 1. The van der Waals surface area contributed by atoms with Crippen LogP contribution in [0.2, 0.25) is 5.02 Å². The van der Waals surface area contributed by atoms with Crippen molar-refractivity contribution in [2.45, 2.75) is 77.4 Å². The number of amides is 2. The van der Waals surface area contributed by atoms with Crippen molar-refractivity contribution in [2.24, 2.45) is 16.2 Å². The van der Waals surface area contributed by atoms with Gasteiger partial charge in [-0.05, 0) is 112 Å². The number of hydrogen-bond acceptors (Lipinski definition) is 8. The van der Waals surface area contributed by atoms with Gasteiger partial charge in [0.05, 0.1) is 35.4 Å². The first-order chi connectivity index (χ1) is 23.7.